The smallest absolute Gasteiger partial charge is 0.320 e. The molecule has 1 rings (SSSR count). The van der Waals surface area contributed by atoms with E-state index in [0.29, 0.717) is 0 Å². The number of rotatable bonds is 6. The third-order valence-electron chi connectivity index (χ3n) is 3.32. The molecular formula is C12H23NO2. The minimum absolute atomic E-state index is 0.158. The topological polar surface area (TPSA) is 49.3 Å². The van der Waals surface area contributed by atoms with Crippen molar-refractivity contribution in [2.45, 2.75) is 52.0 Å². The average molecular weight is 213 g/mol. The lowest BCUT2D eigenvalue weighted by Gasteiger charge is -2.19. The molecule has 0 spiro atoms. The Balaban J connectivity index is 2.18. The van der Waals surface area contributed by atoms with Gasteiger partial charge in [-0.25, -0.2) is 0 Å². The van der Waals surface area contributed by atoms with Crippen LogP contribution in [0.5, 0.6) is 0 Å². The molecule has 0 aromatic rings. The van der Waals surface area contributed by atoms with Crippen molar-refractivity contribution in [2.75, 3.05) is 6.54 Å². The van der Waals surface area contributed by atoms with Crippen LogP contribution in [-0.2, 0) is 4.79 Å². The molecule has 1 unspecified atom stereocenters. The van der Waals surface area contributed by atoms with E-state index in [-0.39, 0.29) is 12.0 Å². The first-order chi connectivity index (χ1) is 7.11. The van der Waals surface area contributed by atoms with Gasteiger partial charge in [0, 0.05) is 0 Å². The first-order valence-electron chi connectivity index (χ1n) is 6.07. The summed E-state index contributed by atoms with van der Waals surface area (Å²) in [5.41, 5.74) is 0. The van der Waals surface area contributed by atoms with E-state index >= 15 is 0 Å². The number of hydrogen-bond donors (Lipinski definition) is 2. The standard InChI is InChI=1S/C12H23NO2/c1-9(2)11(12(14)15)13-8-7-10-5-3-4-6-10/h9-11,13H,3-8H2,1-2H3,(H,14,15). The molecule has 1 aliphatic carbocycles. The highest BCUT2D eigenvalue weighted by Crippen LogP contribution is 2.26. The normalized spacial score (nSPS) is 19.7. The van der Waals surface area contributed by atoms with E-state index in [1.807, 2.05) is 13.8 Å². The van der Waals surface area contributed by atoms with Gasteiger partial charge in [0.15, 0.2) is 0 Å². The van der Waals surface area contributed by atoms with Crippen molar-refractivity contribution in [1.82, 2.24) is 5.32 Å². The quantitative estimate of drug-likeness (QED) is 0.711. The van der Waals surface area contributed by atoms with Gasteiger partial charge in [0.25, 0.3) is 0 Å². The van der Waals surface area contributed by atoms with Gasteiger partial charge in [0.1, 0.15) is 6.04 Å². The zero-order chi connectivity index (χ0) is 11.3. The Hall–Kier alpha value is -0.570. The SMILES string of the molecule is CC(C)C(NCCC1CCCC1)C(=O)O. The van der Waals surface area contributed by atoms with E-state index in [9.17, 15) is 4.79 Å². The summed E-state index contributed by atoms with van der Waals surface area (Å²) < 4.78 is 0. The van der Waals surface area contributed by atoms with Crippen LogP contribution in [0.3, 0.4) is 0 Å². The summed E-state index contributed by atoms with van der Waals surface area (Å²) >= 11 is 0. The van der Waals surface area contributed by atoms with Crippen LogP contribution in [0.25, 0.3) is 0 Å². The molecule has 0 aromatic carbocycles. The van der Waals surface area contributed by atoms with Gasteiger partial charge in [-0.2, -0.15) is 0 Å². The molecule has 15 heavy (non-hydrogen) atoms. The number of carboxylic acid groups (broad SMARTS) is 1. The van der Waals surface area contributed by atoms with Gasteiger partial charge in [0.2, 0.25) is 0 Å². The second-order valence-corrected chi connectivity index (χ2v) is 4.95. The highest BCUT2D eigenvalue weighted by Gasteiger charge is 2.21. The molecule has 2 N–H and O–H groups in total. The maximum atomic E-state index is 10.9. The average Bonchev–Trinajstić information content (AvgIpc) is 2.63. The third-order valence-corrected chi connectivity index (χ3v) is 3.32. The molecule has 0 aromatic heterocycles. The van der Waals surface area contributed by atoms with Gasteiger partial charge >= 0.3 is 5.97 Å². The summed E-state index contributed by atoms with van der Waals surface area (Å²) in [5, 5.41) is 12.1. The Labute approximate surface area is 92.3 Å². The van der Waals surface area contributed by atoms with Crippen LogP contribution in [0.2, 0.25) is 0 Å². The highest BCUT2D eigenvalue weighted by molar-refractivity contribution is 5.73. The van der Waals surface area contributed by atoms with Crippen molar-refractivity contribution >= 4 is 5.97 Å². The van der Waals surface area contributed by atoms with E-state index in [1.165, 1.54) is 25.7 Å². The molecule has 0 bridgehead atoms. The van der Waals surface area contributed by atoms with Crippen molar-refractivity contribution in [3.05, 3.63) is 0 Å². The van der Waals surface area contributed by atoms with Crippen molar-refractivity contribution in [2.24, 2.45) is 11.8 Å². The second-order valence-electron chi connectivity index (χ2n) is 4.95. The zero-order valence-corrected chi connectivity index (χ0v) is 9.83. The van der Waals surface area contributed by atoms with Gasteiger partial charge in [-0.05, 0) is 24.8 Å². The van der Waals surface area contributed by atoms with Crippen molar-refractivity contribution < 1.29 is 9.90 Å². The van der Waals surface area contributed by atoms with Crippen LogP contribution in [0.1, 0.15) is 46.0 Å². The lowest BCUT2D eigenvalue weighted by Crippen LogP contribution is -2.41. The van der Waals surface area contributed by atoms with Crippen molar-refractivity contribution in [3.8, 4) is 0 Å². The Morgan fingerprint density at radius 2 is 2.00 bits per heavy atom. The molecule has 88 valence electrons. The maximum Gasteiger partial charge on any atom is 0.320 e. The van der Waals surface area contributed by atoms with Crippen LogP contribution < -0.4 is 5.32 Å². The minimum Gasteiger partial charge on any atom is -0.480 e. The molecule has 1 aliphatic rings. The van der Waals surface area contributed by atoms with Crippen molar-refractivity contribution in [1.29, 1.82) is 0 Å². The van der Waals surface area contributed by atoms with Crippen LogP contribution >= 0.6 is 0 Å². The zero-order valence-electron chi connectivity index (χ0n) is 9.83. The van der Waals surface area contributed by atoms with Crippen LogP contribution in [0, 0.1) is 11.8 Å². The molecular weight excluding hydrogens is 190 g/mol. The lowest BCUT2D eigenvalue weighted by atomic mass is 10.0. The molecule has 0 amide bonds. The molecule has 3 heteroatoms. The fourth-order valence-corrected chi connectivity index (χ4v) is 2.35. The first kappa shape index (κ1) is 12.5. The summed E-state index contributed by atoms with van der Waals surface area (Å²) in [6.07, 6.45) is 6.52. The summed E-state index contributed by atoms with van der Waals surface area (Å²) in [7, 11) is 0. The highest BCUT2D eigenvalue weighted by atomic mass is 16.4. The van der Waals surface area contributed by atoms with E-state index < -0.39 is 5.97 Å². The molecule has 0 radical (unpaired) electrons. The van der Waals surface area contributed by atoms with Gasteiger partial charge in [-0.15, -0.1) is 0 Å². The van der Waals surface area contributed by atoms with Gasteiger partial charge in [0.05, 0.1) is 0 Å². The third kappa shape index (κ3) is 4.20. The van der Waals surface area contributed by atoms with E-state index in [2.05, 4.69) is 5.32 Å². The number of aliphatic carboxylic acids is 1. The van der Waals surface area contributed by atoms with E-state index in [1.54, 1.807) is 0 Å². The van der Waals surface area contributed by atoms with Crippen LogP contribution in [-0.4, -0.2) is 23.7 Å². The largest absolute Gasteiger partial charge is 0.480 e. The van der Waals surface area contributed by atoms with E-state index in [4.69, 9.17) is 5.11 Å². The Bertz CT molecular complexity index is 198. The van der Waals surface area contributed by atoms with Gasteiger partial charge < -0.3 is 10.4 Å². The predicted octanol–water partition coefficient (Wildman–Crippen LogP) is 2.27. The van der Waals surface area contributed by atoms with Crippen LogP contribution in [0.4, 0.5) is 0 Å². The second kappa shape index (κ2) is 6.11. The maximum absolute atomic E-state index is 10.9. The van der Waals surface area contributed by atoms with Gasteiger partial charge in [-0.3, -0.25) is 4.79 Å². The fraction of sp³-hybridized carbons (Fsp3) is 0.917. The molecule has 3 nitrogen and oxygen atoms in total. The molecule has 0 saturated heterocycles. The molecule has 1 saturated carbocycles. The molecule has 0 heterocycles. The fourth-order valence-electron chi connectivity index (χ4n) is 2.35. The monoisotopic (exact) mass is 213 g/mol. The summed E-state index contributed by atoms with van der Waals surface area (Å²) in [6.45, 7) is 4.74. The predicted molar refractivity (Wildman–Crippen MR) is 60.8 cm³/mol. The minimum atomic E-state index is -0.726. The lowest BCUT2D eigenvalue weighted by molar-refractivity contribution is -0.140. The summed E-state index contributed by atoms with van der Waals surface area (Å²) in [4.78, 5) is 10.9. The molecule has 1 atom stereocenters. The van der Waals surface area contributed by atoms with Crippen LogP contribution in [0.15, 0.2) is 0 Å². The number of carboxylic acids is 1. The first-order valence-corrected chi connectivity index (χ1v) is 6.07. The molecule has 0 aliphatic heterocycles. The number of carbonyl (C=O) groups is 1. The molecule has 1 fully saturated rings. The Kier molecular flexibility index (Phi) is 5.09. The Morgan fingerprint density at radius 1 is 1.40 bits per heavy atom. The van der Waals surface area contributed by atoms with Crippen molar-refractivity contribution in [3.63, 3.8) is 0 Å². The number of nitrogens with one attached hydrogen (secondary N) is 1. The van der Waals surface area contributed by atoms with E-state index in [0.717, 1.165) is 18.9 Å². The summed E-state index contributed by atoms with van der Waals surface area (Å²) in [6, 6.07) is -0.383. The van der Waals surface area contributed by atoms with Gasteiger partial charge in [-0.1, -0.05) is 39.5 Å². The number of hydrogen-bond acceptors (Lipinski definition) is 2. The summed E-state index contributed by atoms with van der Waals surface area (Å²) in [5.74, 6) is 0.265. The Morgan fingerprint density at radius 3 is 2.47 bits per heavy atom.